The van der Waals surface area contributed by atoms with Crippen molar-refractivity contribution in [1.82, 2.24) is 0 Å². The second kappa shape index (κ2) is 4.21. The van der Waals surface area contributed by atoms with Gasteiger partial charge in [-0.25, -0.2) is 8.78 Å². The molecule has 0 fully saturated rings. The van der Waals surface area contributed by atoms with Crippen LogP contribution in [0.1, 0.15) is 15.9 Å². The molecule has 1 rings (SSSR count). The number of ketones is 1. The normalized spacial score (nSPS) is 11.7. The summed E-state index contributed by atoms with van der Waals surface area (Å²) in [7, 11) is 16.1. The number of benzene rings is 1. The van der Waals surface area contributed by atoms with E-state index in [0.29, 0.717) is 5.56 Å². The van der Waals surface area contributed by atoms with Crippen molar-refractivity contribution in [3.05, 3.63) is 35.4 Å². The number of carbonyl (C=O) groups excluding carboxylic acids is 1. The lowest BCUT2D eigenvalue weighted by Gasteiger charge is -2.20. The van der Waals surface area contributed by atoms with Gasteiger partial charge in [-0.3, -0.25) is 4.79 Å². The molecule has 1 aromatic rings. The molecule has 6 heteroatoms. The van der Waals surface area contributed by atoms with E-state index >= 15 is 0 Å². The third-order valence-electron chi connectivity index (χ3n) is 1.87. The minimum absolute atomic E-state index is 0.0991. The minimum atomic E-state index is -3.02. The number of rotatable bonds is 3. The van der Waals surface area contributed by atoms with E-state index in [0.717, 1.165) is 0 Å². The van der Waals surface area contributed by atoms with Crippen LogP contribution >= 0.6 is 0 Å². The number of Topliss-reactive ketones (excluding diaryl/α,β-unsaturated/α-hetero) is 1. The zero-order valence-electron chi connectivity index (χ0n) is 7.78. The van der Waals surface area contributed by atoms with Crippen LogP contribution in [0.15, 0.2) is 24.3 Å². The molecule has 6 radical (unpaired) electrons. The number of carbonyl (C=O) groups is 1. The molecule has 0 saturated heterocycles. The second-order valence-electron chi connectivity index (χ2n) is 3.18. The van der Waals surface area contributed by atoms with Gasteiger partial charge in [0, 0.05) is 5.56 Å². The third kappa shape index (κ3) is 2.95. The van der Waals surface area contributed by atoms with E-state index in [1.165, 1.54) is 24.3 Å². The molecule has 0 amide bonds. The first-order valence-corrected chi connectivity index (χ1v) is 4.12. The highest BCUT2D eigenvalue weighted by Crippen LogP contribution is 2.15. The first-order valence-electron chi connectivity index (χ1n) is 4.12. The molecule has 0 aliphatic rings. The van der Waals surface area contributed by atoms with E-state index in [9.17, 15) is 13.6 Å². The fraction of sp³-hybridized carbons (Fsp3) is 0.222. The predicted molar refractivity (Wildman–Crippen MR) is 55.7 cm³/mol. The van der Waals surface area contributed by atoms with E-state index < -0.39 is 17.3 Å². The van der Waals surface area contributed by atoms with Crippen molar-refractivity contribution in [3.63, 3.8) is 0 Å². The van der Waals surface area contributed by atoms with Crippen LogP contribution in [-0.2, 0) is 5.11 Å². The molecule has 0 aliphatic carbocycles. The van der Waals surface area contributed by atoms with Gasteiger partial charge in [-0.2, -0.15) is 0 Å². The fourth-order valence-corrected chi connectivity index (χ4v) is 1.05. The summed E-state index contributed by atoms with van der Waals surface area (Å²) < 4.78 is 24.0. The SMILES string of the molecule is [B]C([B])([B])c1ccc(C(=O)C(F)F)cc1. The van der Waals surface area contributed by atoms with Crippen LogP contribution in [0.5, 0.6) is 0 Å². The average Bonchev–Trinajstić information content (AvgIpc) is 2.15. The Kier molecular flexibility index (Phi) is 3.37. The van der Waals surface area contributed by atoms with E-state index in [4.69, 9.17) is 23.5 Å². The van der Waals surface area contributed by atoms with E-state index in [1.807, 2.05) is 0 Å². The van der Waals surface area contributed by atoms with Gasteiger partial charge in [0.1, 0.15) is 0 Å². The van der Waals surface area contributed by atoms with Crippen LogP contribution in [0.25, 0.3) is 0 Å². The van der Waals surface area contributed by atoms with E-state index in [2.05, 4.69) is 0 Å². The van der Waals surface area contributed by atoms with Crippen molar-refractivity contribution < 1.29 is 13.6 Å². The zero-order valence-corrected chi connectivity index (χ0v) is 7.78. The Bertz CT molecular complexity index is 357. The summed E-state index contributed by atoms with van der Waals surface area (Å²) in [6, 6.07) is 5.11. The maximum atomic E-state index is 12.0. The molecular formula is C9H5B3F2O. The molecule has 15 heavy (non-hydrogen) atoms. The highest BCUT2D eigenvalue weighted by Gasteiger charge is 2.18. The number of alkyl halides is 2. The maximum Gasteiger partial charge on any atom is 0.300 e. The van der Waals surface area contributed by atoms with Crippen molar-refractivity contribution >= 4 is 29.3 Å². The first kappa shape index (κ1) is 12.0. The molecule has 0 unspecified atom stereocenters. The summed E-state index contributed by atoms with van der Waals surface area (Å²) in [5, 5.41) is -1.54. The fourth-order valence-electron chi connectivity index (χ4n) is 1.05. The Labute approximate surface area is 90.5 Å². The summed E-state index contributed by atoms with van der Waals surface area (Å²) in [4.78, 5) is 10.9. The Hall–Kier alpha value is -1.06. The van der Waals surface area contributed by atoms with Crippen molar-refractivity contribution in [3.8, 4) is 0 Å². The Morgan fingerprint density at radius 1 is 1.13 bits per heavy atom. The molecule has 0 atom stereocenters. The molecule has 0 saturated carbocycles. The molecular weight excluding hydrogens is 195 g/mol. The van der Waals surface area contributed by atoms with Gasteiger partial charge in [-0.1, -0.05) is 29.8 Å². The highest BCUT2D eigenvalue weighted by atomic mass is 19.3. The number of hydrogen-bond donors (Lipinski definition) is 0. The quantitative estimate of drug-likeness (QED) is 0.519. The van der Waals surface area contributed by atoms with Crippen LogP contribution in [0.2, 0.25) is 0 Å². The minimum Gasteiger partial charge on any atom is -0.288 e. The average molecular weight is 200 g/mol. The molecule has 0 spiro atoms. The molecule has 0 aliphatic heterocycles. The summed E-state index contributed by atoms with van der Waals surface area (Å²) in [6.45, 7) is 0. The zero-order chi connectivity index (χ0) is 11.6. The number of halogens is 2. The second-order valence-corrected chi connectivity index (χ2v) is 3.18. The largest absolute Gasteiger partial charge is 0.300 e. The van der Waals surface area contributed by atoms with Crippen LogP contribution in [0.3, 0.4) is 0 Å². The van der Waals surface area contributed by atoms with Gasteiger partial charge < -0.3 is 0 Å². The van der Waals surface area contributed by atoms with Gasteiger partial charge in [-0.15, -0.1) is 5.11 Å². The molecule has 1 nitrogen and oxygen atoms in total. The Balaban J connectivity index is 2.96. The summed E-state index contributed by atoms with van der Waals surface area (Å²) in [5.41, 5.74) is 0.256. The van der Waals surface area contributed by atoms with Crippen molar-refractivity contribution in [1.29, 1.82) is 0 Å². The molecule has 0 aromatic heterocycles. The summed E-state index contributed by atoms with van der Waals surface area (Å²) in [6.07, 6.45) is -3.02. The molecule has 0 bridgehead atoms. The standard InChI is InChI=1S/C9H5B3F2O/c10-9(11,12)6-3-1-5(2-4-6)7(15)8(13)14/h1-4,8H. The predicted octanol–water partition coefficient (Wildman–Crippen LogP) is 0.750. The Morgan fingerprint density at radius 2 is 1.60 bits per heavy atom. The summed E-state index contributed by atoms with van der Waals surface area (Å²) in [5.74, 6) is -1.24. The Morgan fingerprint density at radius 3 is 1.93 bits per heavy atom. The van der Waals surface area contributed by atoms with Gasteiger partial charge in [0.15, 0.2) is 0 Å². The molecule has 0 N–H and O–H groups in total. The van der Waals surface area contributed by atoms with Crippen molar-refractivity contribution in [2.24, 2.45) is 0 Å². The van der Waals surface area contributed by atoms with Crippen LogP contribution in [0, 0.1) is 0 Å². The van der Waals surface area contributed by atoms with Crippen LogP contribution in [0.4, 0.5) is 8.78 Å². The lowest BCUT2D eigenvalue weighted by atomic mass is 9.40. The summed E-state index contributed by atoms with van der Waals surface area (Å²) >= 11 is 0. The lowest BCUT2D eigenvalue weighted by Crippen LogP contribution is -2.26. The van der Waals surface area contributed by atoms with Crippen LogP contribution < -0.4 is 0 Å². The maximum absolute atomic E-state index is 12.0. The number of hydrogen-bond acceptors (Lipinski definition) is 1. The monoisotopic (exact) mass is 200 g/mol. The van der Waals surface area contributed by atoms with Gasteiger partial charge in [-0.05, 0) is 0 Å². The molecule has 1 aromatic carbocycles. The topological polar surface area (TPSA) is 17.1 Å². The van der Waals surface area contributed by atoms with Crippen molar-refractivity contribution in [2.75, 3.05) is 0 Å². The smallest absolute Gasteiger partial charge is 0.288 e. The van der Waals surface area contributed by atoms with Gasteiger partial charge in [0.2, 0.25) is 5.78 Å². The van der Waals surface area contributed by atoms with Gasteiger partial charge in [0.25, 0.3) is 0 Å². The van der Waals surface area contributed by atoms with Gasteiger partial charge in [0.05, 0.1) is 23.5 Å². The van der Waals surface area contributed by atoms with Gasteiger partial charge >= 0.3 is 6.43 Å². The van der Waals surface area contributed by atoms with Crippen molar-refractivity contribution in [2.45, 2.75) is 11.5 Å². The molecule has 70 valence electrons. The highest BCUT2D eigenvalue weighted by molar-refractivity contribution is 6.58. The molecule has 0 heterocycles. The first-order chi connectivity index (χ1) is 6.82. The van der Waals surface area contributed by atoms with E-state index in [1.54, 1.807) is 0 Å². The lowest BCUT2D eigenvalue weighted by molar-refractivity contribution is 0.0679. The third-order valence-corrected chi connectivity index (χ3v) is 1.87. The van der Waals surface area contributed by atoms with E-state index in [-0.39, 0.29) is 5.56 Å². The van der Waals surface area contributed by atoms with Crippen LogP contribution in [-0.4, -0.2) is 35.7 Å².